The first-order valence-electron chi connectivity index (χ1n) is 6.47. The molecule has 11 heteroatoms. The maximum absolute atomic E-state index is 13.1. The Bertz CT molecular complexity index is 873. The molecule has 0 saturated carbocycles. The minimum atomic E-state index is -6.26. The van der Waals surface area contributed by atoms with Gasteiger partial charge < -0.3 is 4.18 Å². The molecule has 0 fully saturated rings. The smallest absolute Gasteiger partial charge is 0.374 e. The molecule has 136 valence electrons. The van der Waals surface area contributed by atoms with Crippen molar-refractivity contribution in [2.45, 2.75) is 18.6 Å². The monoisotopic (exact) mass is 385 g/mol. The number of alkyl halides is 6. The van der Waals surface area contributed by atoms with E-state index in [0.717, 1.165) is 11.6 Å². The number of pyridine rings is 1. The Morgan fingerprint density at radius 3 is 1.96 bits per heavy atom. The molecule has 0 spiro atoms. The van der Waals surface area contributed by atoms with E-state index in [1.165, 1.54) is 12.1 Å². The molecule has 0 atom stereocenters. The summed E-state index contributed by atoms with van der Waals surface area (Å²) >= 11 is 0. The lowest BCUT2D eigenvalue weighted by Crippen LogP contribution is -2.29. The van der Waals surface area contributed by atoms with Crippen LogP contribution in [0.25, 0.3) is 11.3 Å². The third kappa shape index (κ3) is 4.21. The van der Waals surface area contributed by atoms with E-state index in [-0.39, 0.29) is 11.3 Å². The first-order valence-corrected chi connectivity index (χ1v) is 7.88. The van der Waals surface area contributed by atoms with E-state index in [9.17, 15) is 34.8 Å². The van der Waals surface area contributed by atoms with Crippen LogP contribution in [0.3, 0.4) is 0 Å². The van der Waals surface area contributed by atoms with E-state index in [2.05, 4.69) is 9.17 Å². The van der Waals surface area contributed by atoms with Gasteiger partial charge in [0.05, 0.1) is 5.69 Å². The van der Waals surface area contributed by atoms with Crippen molar-refractivity contribution >= 4 is 10.1 Å². The van der Waals surface area contributed by atoms with Gasteiger partial charge >= 0.3 is 21.8 Å². The van der Waals surface area contributed by atoms with Crippen molar-refractivity contribution in [1.82, 2.24) is 4.98 Å². The van der Waals surface area contributed by atoms with Gasteiger partial charge in [-0.25, -0.2) is 4.98 Å². The maximum Gasteiger partial charge on any atom is 0.534 e. The Hall–Kier alpha value is -2.30. The van der Waals surface area contributed by atoms with Crippen LogP contribution in [-0.2, 0) is 16.3 Å². The SMILES string of the molecule is Cc1ccc(-c2ccc(OS(=O)(=O)C(F)(F)F)c(C(F)(F)F)n2)cc1. The number of rotatable bonds is 3. The Morgan fingerprint density at radius 1 is 0.920 bits per heavy atom. The van der Waals surface area contributed by atoms with Crippen LogP contribution >= 0.6 is 0 Å². The molecule has 2 aromatic rings. The lowest BCUT2D eigenvalue weighted by molar-refractivity contribution is -0.142. The average molecular weight is 385 g/mol. The molecule has 1 aromatic carbocycles. The fourth-order valence-corrected chi connectivity index (χ4v) is 2.23. The molecule has 4 nitrogen and oxygen atoms in total. The van der Waals surface area contributed by atoms with Crippen LogP contribution in [0, 0.1) is 6.92 Å². The van der Waals surface area contributed by atoms with Gasteiger partial charge in [-0.05, 0) is 19.1 Å². The van der Waals surface area contributed by atoms with Crippen molar-refractivity contribution in [3.05, 3.63) is 47.7 Å². The molecule has 0 amide bonds. The summed E-state index contributed by atoms with van der Waals surface area (Å²) in [6, 6.07) is 7.54. The van der Waals surface area contributed by atoms with Crippen LogP contribution in [0.15, 0.2) is 36.4 Å². The summed E-state index contributed by atoms with van der Waals surface area (Å²) in [6.07, 6.45) is -5.23. The summed E-state index contributed by atoms with van der Waals surface area (Å²) in [5.41, 5.74) is -6.86. The van der Waals surface area contributed by atoms with Gasteiger partial charge in [0.15, 0.2) is 11.4 Å². The molecule has 1 heterocycles. The molecule has 0 aliphatic rings. The van der Waals surface area contributed by atoms with Gasteiger partial charge in [0, 0.05) is 5.56 Å². The molecule has 0 unspecified atom stereocenters. The van der Waals surface area contributed by atoms with Crippen LogP contribution in [0.1, 0.15) is 11.3 Å². The topological polar surface area (TPSA) is 56.3 Å². The maximum atomic E-state index is 13.1. The zero-order valence-corrected chi connectivity index (χ0v) is 13.1. The Labute approximate surface area is 138 Å². The lowest BCUT2D eigenvalue weighted by Gasteiger charge is -2.15. The first kappa shape index (κ1) is 19.0. The molecule has 0 saturated heterocycles. The van der Waals surface area contributed by atoms with Gasteiger partial charge in [-0.15, -0.1) is 0 Å². The molecule has 0 radical (unpaired) electrons. The molecule has 0 N–H and O–H groups in total. The summed E-state index contributed by atoms with van der Waals surface area (Å²) in [5, 5.41) is 0. The molecule has 25 heavy (non-hydrogen) atoms. The Balaban J connectivity index is 2.54. The first-order chi connectivity index (χ1) is 11.3. The van der Waals surface area contributed by atoms with E-state index >= 15 is 0 Å². The predicted octanol–water partition coefficient (Wildman–Crippen LogP) is 4.30. The van der Waals surface area contributed by atoms with Gasteiger partial charge in [0.1, 0.15) is 0 Å². The van der Waals surface area contributed by atoms with Crippen LogP contribution in [0.5, 0.6) is 5.75 Å². The summed E-state index contributed by atoms with van der Waals surface area (Å²) in [5.74, 6) is -1.55. The van der Waals surface area contributed by atoms with Crippen LogP contribution in [-0.4, -0.2) is 18.9 Å². The van der Waals surface area contributed by atoms with Crippen molar-refractivity contribution in [1.29, 1.82) is 0 Å². The van der Waals surface area contributed by atoms with Crippen molar-refractivity contribution in [2.75, 3.05) is 0 Å². The Kier molecular flexibility index (Phi) is 4.73. The lowest BCUT2D eigenvalue weighted by atomic mass is 10.1. The normalized spacial score (nSPS) is 12.9. The molecule has 0 bridgehead atoms. The van der Waals surface area contributed by atoms with Crippen molar-refractivity contribution in [3.63, 3.8) is 0 Å². The molecule has 0 aliphatic carbocycles. The highest BCUT2D eigenvalue weighted by molar-refractivity contribution is 7.88. The number of hydrogen-bond donors (Lipinski definition) is 0. The van der Waals surface area contributed by atoms with Crippen LogP contribution in [0.2, 0.25) is 0 Å². The van der Waals surface area contributed by atoms with Gasteiger partial charge in [-0.2, -0.15) is 34.8 Å². The van der Waals surface area contributed by atoms with Gasteiger partial charge in [0.25, 0.3) is 0 Å². The van der Waals surface area contributed by atoms with Gasteiger partial charge in [0.2, 0.25) is 0 Å². The summed E-state index contributed by atoms with van der Waals surface area (Å²) in [6.45, 7) is 1.75. The highest BCUT2D eigenvalue weighted by Crippen LogP contribution is 2.38. The zero-order valence-electron chi connectivity index (χ0n) is 12.3. The minimum Gasteiger partial charge on any atom is -0.374 e. The summed E-state index contributed by atoms with van der Waals surface area (Å²) in [4.78, 5) is 3.23. The largest absolute Gasteiger partial charge is 0.534 e. The standard InChI is InChI=1S/C14H9F6NO3S/c1-8-2-4-9(5-3-8)10-6-7-11(12(21-10)13(15,16)17)24-25(22,23)14(18,19)20/h2-7H,1H3. The third-order valence-electron chi connectivity index (χ3n) is 2.96. The molecule has 2 rings (SSSR count). The number of halogens is 6. The van der Waals surface area contributed by atoms with Crippen LogP contribution in [0.4, 0.5) is 26.3 Å². The second-order valence-corrected chi connectivity index (χ2v) is 6.43. The van der Waals surface area contributed by atoms with E-state index in [1.54, 1.807) is 19.1 Å². The number of benzene rings is 1. The second kappa shape index (κ2) is 6.21. The second-order valence-electron chi connectivity index (χ2n) is 4.89. The van der Waals surface area contributed by atoms with E-state index in [4.69, 9.17) is 0 Å². The highest BCUT2D eigenvalue weighted by atomic mass is 32.2. The fraction of sp³-hybridized carbons (Fsp3) is 0.214. The number of aryl methyl sites for hydroxylation is 1. The molecule has 1 aromatic heterocycles. The minimum absolute atomic E-state index is 0.205. The molecular weight excluding hydrogens is 376 g/mol. The van der Waals surface area contributed by atoms with Gasteiger partial charge in [-0.1, -0.05) is 29.8 Å². The number of hydrogen-bond acceptors (Lipinski definition) is 4. The summed E-state index contributed by atoms with van der Waals surface area (Å²) in [7, 11) is -6.26. The highest BCUT2D eigenvalue weighted by Gasteiger charge is 2.50. The fourth-order valence-electron chi connectivity index (χ4n) is 1.77. The van der Waals surface area contributed by atoms with Crippen molar-refractivity contribution < 1.29 is 38.9 Å². The zero-order chi connectivity index (χ0) is 19.0. The Morgan fingerprint density at radius 2 is 1.48 bits per heavy atom. The van der Waals surface area contributed by atoms with E-state index in [0.29, 0.717) is 6.07 Å². The quantitative estimate of drug-likeness (QED) is 0.449. The predicted molar refractivity (Wildman–Crippen MR) is 75.0 cm³/mol. The number of nitrogens with zero attached hydrogens (tertiary/aromatic N) is 1. The summed E-state index contributed by atoms with van der Waals surface area (Å²) < 4.78 is 102. The molecule has 0 aliphatic heterocycles. The average Bonchev–Trinajstić information content (AvgIpc) is 2.46. The van der Waals surface area contributed by atoms with Gasteiger partial charge in [-0.3, -0.25) is 0 Å². The number of aromatic nitrogens is 1. The van der Waals surface area contributed by atoms with E-state index in [1.807, 2.05) is 0 Å². The van der Waals surface area contributed by atoms with E-state index < -0.39 is 33.2 Å². The third-order valence-corrected chi connectivity index (χ3v) is 3.92. The molecular formula is C14H9F6NO3S. The van der Waals surface area contributed by atoms with Crippen LogP contribution < -0.4 is 4.18 Å². The van der Waals surface area contributed by atoms with Crippen molar-refractivity contribution in [3.8, 4) is 17.0 Å². The van der Waals surface area contributed by atoms with Crippen molar-refractivity contribution in [2.24, 2.45) is 0 Å².